The second kappa shape index (κ2) is 8.69. The quantitative estimate of drug-likeness (QED) is 0.570. The molecule has 0 unspecified atom stereocenters. The summed E-state index contributed by atoms with van der Waals surface area (Å²) in [5.41, 5.74) is 1.33. The number of thiophene rings is 1. The third-order valence-electron chi connectivity index (χ3n) is 5.51. The Hall–Kier alpha value is -2.47. The van der Waals surface area contributed by atoms with Gasteiger partial charge in [-0.15, -0.1) is 11.3 Å². The maximum absolute atomic E-state index is 13.0. The van der Waals surface area contributed by atoms with E-state index in [9.17, 15) is 4.79 Å². The Morgan fingerprint density at radius 1 is 1.29 bits per heavy atom. The van der Waals surface area contributed by atoms with E-state index in [1.54, 1.807) is 11.3 Å². The first-order valence-electron chi connectivity index (χ1n) is 9.97. The highest BCUT2D eigenvalue weighted by Gasteiger charge is 2.34. The van der Waals surface area contributed by atoms with E-state index in [1.165, 1.54) is 5.56 Å². The van der Waals surface area contributed by atoms with Crippen molar-refractivity contribution in [3.63, 3.8) is 0 Å². The molecule has 2 atom stereocenters. The van der Waals surface area contributed by atoms with Crippen LogP contribution in [0.5, 0.6) is 0 Å². The molecular weight excluding hydrogens is 370 g/mol. The van der Waals surface area contributed by atoms with Crippen molar-refractivity contribution in [3.05, 3.63) is 59.3 Å². The van der Waals surface area contributed by atoms with Crippen LogP contribution in [0, 0.1) is 0 Å². The van der Waals surface area contributed by atoms with Crippen molar-refractivity contribution in [2.75, 3.05) is 6.54 Å². The molecule has 4 rings (SSSR count). The zero-order chi connectivity index (χ0) is 19.3. The summed E-state index contributed by atoms with van der Waals surface area (Å²) in [4.78, 5) is 20.4. The first-order valence-corrected chi connectivity index (χ1v) is 10.8. The number of amides is 1. The van der Waals surface area contributed by atoms with Crippen LogP contribution in [-0.2, 0) is 11.2 Å². The molecule has 28 heavy (non-hydrogen) atoms. The first-order chi connectivity index (χ1) is 13.8. The van der Waals surface area contributed by atoms with Crippen molar-refractivity contribution < 1.29 is 9.32 Å². The van der Waals surface area contributed by atoms with Gasteiger partial charge in [-0.25, -0.2) is 0 Å². The Kier molecular flexibility index (Phi) is 5.86. The van der Waals surface area contributed by atoms with Crippen molar-refractivity contribution in [3.8, 4) is 10.7 Å². The average Bonchev–Trinajstić information content (AvgIpc) is 3.48. The predicted octanol–water partition coefficient (Wildman–Crippen LogP) is 4.92. The molecule has 0 N–H and O–H groups in total. The van der Waals surface area contributed by atoms with E-state index in [2.05, 4.69) is 46.2 Å². The minimum absolute atomic E-state index is 0.188. The fourth-order valence-corrected chi connectivity index (χ4v) is 4.82. The lowest BCUT2D eigenvalue weighted by Gasteiger charge is -2.31. The minimum atomic E-state index is 0.188. The molecule has 1 saturated heterocycles. The molecule has 0 radical (unpaired) electrons. The number of aryl methyl sites for hydroxylation is 1. The number of hydrogen-bond donors (Lipinski definition) is 0. The minimum Gasteiger partial charge on any atom is -0.339 e. The Morgan fingerprint density at radius 2 is 2.14 bits per heavy atom. The highest BCUT2D eigenvalue weighted by Crippen LogP contribution is 2.34. The molecule has 3 aromatic rings. The first kappa shape index (κ1) is 18.9. The second-order valence-electron chi connectivity index (χ2n) is 7.21. The van der Waals surface area contributed by atoms with Crippen LogP contribution < -0.4 is 0 Å². The topological polar surface area (TPSA) is 59.2 Å². The Labute approximate surface area is 169 Å². The van der Waals surface area contributed by atoms with Gasteiger partial charge in [-0.2, -0.15) is 4.98 Å². The van der Waals surface area contributed by atoms with Crippen LogP contribution in [0.15, 0.2) is 52.4 Å². The highest BCUT2D eigenvalue weighted by atomic mass is 32.1. The largest absolute Gasteiger partial charge is 0.339 e. The van der Waals surface area contributed by atoms with E-state index in [0.29, 0.717) is 30.5 Å². The summed E-state index contributed by atoms with van der Waals surface area (Å²) in [6, 6.07) is 14.8. The van der Waals surface area contributed by atoms with E-state index in [1.807, 2.05) is 23.6 Å². The zero-order valence-electron chi connectivity index (χ0n) is 16.1. The van der Waals surface area contributed by atoms with Crippen LogP contribution in [0.1, 0.15) is 50.0 Å². The lowest BCUT2D eigenvalue weighted by molar-refractivity contribution is -0.132. The average molecular weight is 396 g/mol. The number of benzene rings is 1. The maximum Gasteiger partial charge on any atom is 0.227 e. The summed E-state index contributed by atoms with van der Waals surface area (Å²) in [7, 11) is 0. The lowest BCUT2D eigenvalue weighted by Crippen LogP contribution is -2.39. The van der Waals surface area contributed by atoms with E-state index in [0.717, 1.165) is 30.7 Å². The summed E-state index contributed by atoms with van der Waals surface area (Å²) in [6.07, 6.45) is 4.08. The van der Waals surface area contributed by atoms with E-state index >= 15 is 0 Å². The second-order valence-corrected chi connectivity index (χ2v) is 8.16. The SMILES string of the molecule is CC[C@H](c1ccccc1)[C@@H]1CCCN1C(=O)CCc1nc(-c2cccs2)no1. The van der Waals surface area contributed by atoms with Gasteiger partial charge >= 0.3 is 0 Å². The van der Waals surface area contributed by atoms with Crippen LogP contribution in [0.4, 0.5) is 0 Å². The molecule has 1 aliphatic rings. The van der Waals surface area contributed by atoms with Gasteiger partial charge in [-0.3, -0.25) is 4.79 Å². The molecule has 0 spiro atoms. The van der Waals surface area contributed by atoms with Crippen molar-refractivity contribution in [1.29, 1.82) is 0 Å². The van der Waals surface area contributed by atoms with Gasteiger partial charge < -0.3 is 9.42 Å². The van der Waals surface area contributed by atoms with Gasteiger partial charge in [0.15, 0.2) is 0 Å². The summed E-state index contributed by atoms with van der Waals surface area (Å²) in [5.74, 6) is 1.71. The molecule has 0 saturated carbocycles. The Bertz CT molecular complexity index is 892. The van der Waals surface area contributed by atoms with Crippen molar-refractivity contribution >= 4 is 17.2 Å². The number of likely N-dealkylation sites (tertiary alicyclic amines) is 1. The van der Waals surface area contributed by atoms with Gasteiger partial charge in [-0.05, 0) is 36.3 Å². The van der Waals surface area contributed by atoms with Crippen LogP contribution in [0.3, 0.4) is 0 Å². The molecule has 146 valence electrons. The molecule has 0 aliphatic carbocycles. The molecule has 1 fully saturated rings. The van der Waals surface area contributed by atoms with Crippen LogP contribution >= 0.6 is 11.3 Å². The summed E-state index contributed by atoms with van der Waals surface area (Å²) >= 11 is 1.58. The van der Waals surface area contributed by atoms with Gasteiger partial charge in [0.2, 0.25) is 17.6 Å². The summed E-state index contributed by atoms with van der Waals surface area (Å²) in [6.45, 7) is 3.06. The number of hydrogen-bond acceptors (Lipinski definition) is 5. The van der Waals surface area contributed by atoms with Crippen molar-refractivity contribution in [2.24, 2.45) is 0 Å². The van der Waals surface area contributed by atoms with Crippen molar-refractivity contribution in [1.82, 2.24) is 15.0 Å². The van der Waals surface area contributed by atoms with E-state index in [-0.39, 0.29) is 11.9 Å². The Morgan fingerprint density at radius 3 is 2.89 bits per heavy atom. The highest BCUT2D eigenvalue weighted by molar-refractivity contribution is 7.13. The monoisotopic (exact) mass is 395 g/mol. The van der Waals surface area contributed by atoms with Gasteiger partial charge in [-0.1, -0.05) is 48.5 Å². The summed E-state index contributed by atoms with van der Waals surface area (Å²) in [5, 5.41) is 6.02. The fourth-order valence-electron chi connectivity index (χ4n) is 4.17. The van der Waals surface area contributed by atoms with Crippen LogP contribution in [-0.4, -0.2) is 33.5 Å². The van der Waals surface area contributed by atoms with Gasteiger partial charge in [0.05, 0.1) is 4.88 Å². The number of aromatic nitrogens is 2. The summed E-state index contributed by atoms with van der Waals surface area (Å²) < 4.78 is 5.34. The van der Waals surface area contributed by atoms with Crippen LogP contribution in [0.2, 0.25) is 0 Å². The van der Waals surface area contributed by atoms with E-state index < -0.39 is 0 Å². The normalized spacial score (nSPS) is 17.8. The lowest BCUT2D eigenvalue weighted by atomic mass is 9.87. The van der Waals surface area contributed by atoms with Gasteiger partial charge in [0.25, 0.3) is 0 Å². The third-order valence-corrected chi connectivity index (χ3v) is 6.38. The van der Waals surface area contributed by atoms with Gasteiger partial charge in [0, 0.05) is 31.3 Å². The zero-order valence-corrected chi connectivity index (χ0v) is 16.9. The number of nitrogens with zero attached hydrogens (tertiary/aromatic N) is 3. The molecule has 1 aromatic carbocycles. The molecule has 1 amide bonds. The molecule has 0 bridgehead atoms. The fraction of sp³-hybridized carbons (Fsp3) is 0.409. The van der Waals surface area contributed by atoms with E-state index in [4.69, 9.17) is 4.52 Å². The standard InChI is InChI=1S/C22H25N3O2S/c1-2-17(16-8-4-3-5-9-16)18-10-6-14-25(18)21(26)13-12-20-23-22(24-27-20)19-11-7-15-28-19/h3-5,7-9,11,15,17-18H,2,6,10,12-14H2,1H3/t17-,18+/m1/s1. The molecule has 2 aromatic heterocycles. The molecule has 5 nitrogen and oxygen atoms in total. The van der Waals surface area contributed by atoms with Crippen molar-refractivity contribution in [2.45, 2.75) is 51.0 Å². The molecule has 6 heteroatoms. The van der Waals surface area contributed by atoms with Crippen LogP contribution in [0.25, 0.3) is 10.7 Å². The predicted molar refractivity (Wildman–Crippen MR) is 110 cm³/mol. The smallest absolute Gasteiger partial charge is 0.227 e. The number of rotatable bonds is 7. The number of carbonyl (C=O) groups is 1. The third kappa shape index (κ3) is 4.02. The number of carbonyl (C=O) groups excluding carboxylic acids is 1. The molecular formula is C22H25N3O2S. The Balaban J connectivity index is 1.40. The molecule has 1 aliphatic heterocycles. The van der Waals surface area contributed by atoms with Gasteiger partial charge in [0.1, 0.15) is 0 Å². The maximum atomic E-state index is 13.0. The molecule has 3 heterocycles.